The molecule has 2 heterocycles. The van der Waals surface area contributed by atoms with E-state index in [1.807, 2.05) is 0 Å². The topological polar surface area (TPSA) is 104 Å². The van der Waals surface area contributed by atoms with Crippen LogP contribution in [0.15, 0.2) is 23.3 Å². The number of nitrogens with zero attached hydrogens (tertiary/aromatic N) is 2. The average molecular weight is 273 g/mol. The summed E-state index contributed by atoms with van der Waals surface area (Å²) in [7, 11) is 0. The summed E-state index contributed by atoms with van der Waals surface area (Å²) in [6.07, 6.45) is -3.56. The minimum atomic E-state index is -4.68. The van der Waals surface area contributed by atoms with Crippen molar-refractivity contribution in [1.82, 2.24) is 20.2 Å². The largest absolute Gasteiger partial charge is 0.431 e. The average Bonchev–Trinajstić information content (AvgIpc) is 2.80. The molecule has 2 aromatic heterocycles. The maximum Gasteiger partial charge on any atom is 0.431 e. The van der Waals surface area contributed by atoms with Crippen LogP contribution in [0.5, 0.6) is 0 Å². The summed E-state index contributed by atoms with van der Waals surface area (Å²) in [5.41, 5.74) is -2.84. The highest BCUT2D eigenvalue weighted by molar-refractivity contribution is 6.02. The van der Waals surface area contributed by atoms with Crippen LogP contribution in [0.2, 0.25) is 0 Å². The van der Waals surface area contributed by atoms with Gasteiger partial charge in [-0.25, -0.2) is 5.10 Å². The lowest BCUT2D eigenvalue weighted by Gasteiger charge is -2.06. The van der Waals surface area contributed by atoms with Crippen LogP contribution in [-0.4, -0.2) is 26.1 Å². The molecule has 0 bridgehead atoms. The molecular formula is C9H6F3N5O2. The number of H-pyrrole nitrogens is 2. The third-order valence-corrected chi connectivity index (χ3v) is 2.11. The lowest BCUT2D eigenvalue weighted by molar-refractivity contribution is -0.141. The summed E-state index contributed by atoms with van der Waals surface area (Å²) in [6.45, 7) is 0. The van der Waals surface area contributed by atoms with Gasteiger partial charge in [0.2, 0.25) is 5.95 Å². The highest BCUT2D eigenvalue weighted by atomic mass is 19.4. The molecule has 3 N–H and O–H groups in total. The Balaban J connectivity index is 2.27. The Labute approximate surface area is 102 Å². The fraction of sp³-hybridized carbons (Fsp3) is 0.111. The number of hydrogen-bond acceptors (Lipinski definition) is 4. The molecule has 2 rings (SSSR count). The van der Waals surface area contributed by atoms with E-state index in [2.05, 4.69) is 20.5 Å². The Hall–Kier alpha value is -2.65. The first-order chi connectivity index (χ1) is 8.88. The second kappa shape index (κ2) is 4.55. The van der Waals surface area contributed by atoms with Crippen molar-refractivity contribution in [2.75, 3.05) is 5.32 Å². The van der Waals surface area contributed by atoms with Crippen molar-refractivity contribution in [1.29, 1.82) is 0 Å². The quantitative estimate of drug-likeness (QED) is 0.751. The van der Waals surface area contributed by atoms with Gasteiger partial charge in [0.1, 0.15) is 17.6 Å². The van der Waals surface area contributed by atoms with Crippen LogP contribution in [0.25, 0.3) is 0 Å². The van der Waals surface area contributed by atoms with Crippen molar-refractivity contribution in [3.05, 3.63) is 40.1 Å². The number of aromatic nitrogens is 4. The predicted molar refractivity (Wildman–Crippen MR) is 56.4 cm³/mol. The summed E-state index contributed by atoms with van der Waals surface area (Å²) < 4.78 is 36.9. The standard InChI is InChI=1S/C9H6F3N5O2/c10-9(11,12)5-2-1-4(6(18)15-5)7(19)16-8-13-3-14-17-8/h1-3H,(H,15,18)(H2,13,14,16,17,19). The van der Waals surface area contributed by atoms with Crippen LogP contribution in [0.1, 0.15) is 16.1 Å². The van der Waals surface area contributed by atoms with Gasteiger partial charge < -0.3 is 4.98 Å². The molecule has 0 aliphatic heterocycles. The molecule has 0 saturated heterocycles. The van der Waals surface area contributed by atoms with Gasteiger partial charge in [0.25, 0.3) is 11.5 Å². The van der Waals surface area contributed by atoms with E-state index < -0.39 is 28.9 Å². The van der Waals surface area contributed by atoms with Gasteiger partial charge in [0, 0.05) is 0 Å². The Morgan fingerprint density at radius 1 is 1.32 bits per heavy atom. The van der Waals surface area contributed by atoms with Gasteiger partial charge in [-0.1, -0.05) is 0 Å². The molecule has 1 amide bonds. The summed E-state index contributed by atoms with van der Waals surface area (Å²) >= 11 is 0. The van der Waals surface area contributed by atoms with Crippen LogP contribution in [0.3, 0.4) is 0 Å². The van der Waals surface area contributed by atoms with Gasteiger partial charge in [-0.3, -0.25) is 14.9 Å². The fourth-order valence-corrected chi connectivity index (χ4v) is 1.26. The second-order valence-corrected chi connectivity index (χ2v) is 3.40. The molecule has 10 heteroatoms. The van der Waals surface area contributed by atoms with E-state index in [1.54, 1.807) is 4.98 Å². The molecule has 0 aromatic carbocycles. The van der Waals surface area contributed by atoms with Gasteiger partial charge in [0.05, 0.1) is 0 Å². The highest BCUT2D eigenvalue weighted by Crippen LogP contribution is 2.26. The van der Waals surface area contributed by atoms with Crippen LogP contribution in [0.4, 0.5) is 19.1 Å². The van der Waals surface area contributed by atoms with Crippen LogP contribution in [0, 0.1) is 0 Å². The summed E-state index contributed by atoms with van der Waals surface area (Å²) in [5.74, 6) is -0.920. The molecule has 0 spiro atoms. The molecule has 7 nitrogen and oxygen atoms in total. The lowest BCUT2D eigenvalue weighted by atomic mass is 10.2. The number of rotatable bonds is 2. The number of hydrogen-bond donors (Lipinski definition) is 3. The number of amides is 1. The Kier molecular flexibility index (Phi) is 3.07. The number of alkyl halides is 3. The number of carbonyl (C=O) groups excluding carboxylic acids is 1. The van der Waals surface area contributed by atoms with Gasteiger partial charge in [0.15, 0.2) is 0 Å². The lowest BCUT2D eigenvalue weighted by Crippen LogP contribution is -2.26. The number of nitrogens with one attached hydrogen (secondary N) is 3. The Morgan fingerprint density at radius 3 is 2.58 bits per heavy atom. The fourth-order valence-electron chi connectivity index (χ4n) is 1.26. The second-order valence-electron chi connectivity index (χ2n) is 3.40. The van der Waals surface area contributed by atoms with Gasteiger partial charge in [-0.05, 0) is 12.1 Å². The maximum absolute atomic E-state index is 12.3. The zero-order valence-electron chi connectivity index (χ0n) is 9.08. The monoisotopic (exact) mass is 273 g/mol. The smallest absolute Gasteiger partial charge is 0.318 e. The summed E-state index contributed by atoms with van der Waals surface area (Å²) in [4.78, 5) is 28.2. The Morgan fingerprint density at radius 2 is 2.05 bits per heavy atom. The minimum Gasteiger partial charge on any atom is -0.318 e. The molecule has 100 valence electrons. The number of pyridine rings is 1. The first-order valence-corrected chi connectivity index (χ1v) is 4.85. The third kappa shape index (κ3) is 2.78. The van der Waals surface area contributed by atoms with Crippen molar-refractivity contribution in [3.63, 3.8) is 0 Å². The molecule has 19 heavy (non-hydrogen) atoms. The molecule has 0 fully saturated rings. The van der Waals surface area contributed by atoms with Crippen LogP contribution >= 0.6 is 0 Å². The van der Waals surface area contributed by atoms with Crippen molar-refractivity contribution in [2.24, 2.45) is 0 Å². The first-order valence-electron chi connectivity index (χ1n) is 4.85. The van der Waals surface area contributed by atoms with E-state index in [9.17, 15) is 22.8 Å². The molecule has 0 aliphatic carbocycles. The van der Waals surface area contributed by atoms with E-state index in [0.29, 0.717) is 6.07 Å². The van der Waals surface area contributed by atoms with E-state index in [0.717, 1.165) is 12.4 Å². The predicted octanol–water partition coefficient (Wildman–Crippen LogP) is 0.764. The van der Waals surface area contributed by atoms with E-state index in [-0.39, 0.29) is 5.95 Å². The molecule has 0 radical (unpaired) electrons. The first kappa shape index (κ1) is 12.8. The summed E-state index contributed by atoms with van der Waals surface area (Å²) in [6, 6.07) is 1.39. The van der Waals surface area contributed by atoms with Crippen molar-refractivity contribution in [2.45, 2.75) is 6.18 Å². The zero-order chi connectivity index (χ0) is 14.0. The van der Waals surface area contributed by atoms with Crippen molar-refractivity contribution < 1.29 is 18.0 Å². The molecular weight excluding hydrogens is 267 g/mol. The Bertz CT molecular complexity index is 647. The number of halogens is 3. The van der Waals surface area contributed by atoms with E-state index >= 15 is 0 Å². The number of aromatic amines is 2. The van der Waals surface area contributed by atoms with Crippen LogP contribution in [-0.2, 0) is 6.18 Å². The van der Waals surface area contributed by atoms with Crippen molar-refractivity contribution >= 4 is 11.9 Å². The van der Waals surface area contributed by atoms with E-state index in [4.69, 9.17) is 0 Å². The van der Waals surface area contributed by atoms with E-state index in [1.165, 1.54) is 0 Å². The van der Waals surface area contributed by atoms with Gasteiger partial charge in [-0.2, -0.15) is 23.3 Å². The molecule has 2 aromatic rings. The SMILES string of the molecule is O=C(Nc1ncn[nH]1)c1ccc(C(F)(F)F)[nH]c1=O. The number of anilines is 1. The molecule has 0 atom stereocenters. The van der Waals surface area contributed by atoms with Crippen molar-refractivity contribution in [3.8, 4) is 0 Å². The highest BCUT2D eigenvalue weighted by Gasteiger charge is 2.32. The van der Waals surface area contributed by atoms with Gasteiger partial charge >= 0.3 is 6.18 Å². The summed E-state index contributed by atoms with van der Waals surface area (Å²) in [5, 5.41) is 7.93. The molecule has 0 saturated carbocycles. The minimum absolute atomic E-state index is 0.0238. The van der Waals surface area contributed by atoms with Gasteiger partial charge in [-0.15, -0.1) is 0 Å². The maximum atomic E-state index is 12.3. The molecule has 0 unspecified atom stereocenters. The number of carbonyl (C=O) groups is 1. The zero-order valence-corrected chi connectivity index (χ0v) is 9.08. The van der Waals surface area contributed by atoms with Crippen LogP contribution < -0.4 is 10.9 Å². The third-order valence-electron chi connectivity index (χ3n) is 2.11. The molecule has 0 aliphatic rings. The normalized spacial score (nSPS) is 11.3.